The Balaban J connectivity index is 0.00000218. The summed E-state index contributed by atoms with van der Waals surface area (Å²) in [4.78, 5) is 30.0. The summed E-state index contributed by atoms with van der Waals surface area (Å²) in [6.45, 7) is 2.28. The van der Waals surface area contributed by atoms with Crippen LogP contribution in [0.3, 0.4) is 0 Å². The Bertz CT molecular complexity index is 1230. The van der Waals surface area contributed by atoms with Crippen molar-refractivity contribution >= 4 is 51.2 Å². The summed E-state index contributed by atoms with van der Waals surface area (Å²) in [5.41, 5.74) is 3.02. The van der Waals surface area contributed by atoms with Gasteiger partial charge in [-0.3, -0.25) is 9.59 Å². The van der Waals surface area contributed by atoms with Gasteiger partial charge in [0.2, 0.25) is 0 Å². The Morgan fingerprint density at radius 3 is 2.53 bits per heavy atom. The van der Waals surface area contributed by atoms with E-state index in [1.54, 1.807) is 7.11 Å². The van der Waals surface area contributed by atoms with E-state index in [0.29, 0.717) is 17.8 Å². The molecule has 1 aliphatic heterocycles. The van der Waals surface area contributed by atoms with Crippen molar-refractivity contribution in [1.82, 2.24) is 14.4 Å². The fourth-order valence-corrected chi connectivity index (χ4v) is 4.51. The summed E-state index contributed by atoms with van der Waals surface area (Å²) in [6, 6.07) is 9.98. The average molecular weight is 426 g/mol. The number of carbonyl (C=O) groups excluding carboxylic acids is 2. The van der Waals surface area contributed by atoms with Gasteiger partial charge in [-0.15, -0.1) is 12.4 Å². The fraction of sp³-hybridized carbons (Fsp3) is 0.304. The highest BCUT2D eigenvalue weighted by atomic mass is 35.5. The van der Waals surface area contributed by atoms with E-state index in [1.165, 1.54) is 0 Å². The van der Waals surface area contributed by atoms with Gasteiger partial charge in [0, 0.05) is 36.1 Å². The molecular formula is C23H24ClN3O3. The van der Waals surface area contributed by atoms with Gasteiger partial charge in [-0.1, -0.05) is 24.3 Å². The number of ether oxygens (including phenoxy) is 1. The van der Waals surface area contributed by atoms with Gasteiger partial charge >= 0.3 is 0 Å². The lowest BCUT2D eigenvalue weighted by atomic mass is 9.88. The van der Waals surface area contributed by atoms with Crippen LogP contribution in [0.4, 0.5) is 0 Å². The van der Waals surface area contributed by atoms with Crippen molar-refractivity contribution in [3.8, 4) is 5.75 Å². The second-order valence-electron chi connectivity index (χ2n) is 7.99. The minimum atomic E-state index is -0.0996. The standard InChI is InChI=1S/C23H23N3O3.ClH/c1-24(2)8-9-25-12-16-18(27)11-19(28)22-21-15-7-5-4-6-14(15)20(29-3)10-17(21)26(13-25)23(16)22;/h4-7,10,12H,8-9,11,13H2,1-3H3;1H. The predicted octanol–water partition coefficient (Wildman–Crippen LogP) is 3.56. The van der Waals surface area contributed by atoms with E-state index in [9.17, 15) is 9.59 Å². The molecule has 0 fully saturated rings. The van der Waals surface area contributed by atoms with Crippen molar-refractivity contribution in [3.05, 3.63) is 47.8 Å². The highest BCUT2D eigenvalue weighted by molar-refractivity contribution is 6.37. The van der Waals surface area contributed by atoms with Crippen LogP contribution in [-0.4, -0.2) is 60.2 Å². The lowest BCUT2D eigenvalue weighted by Crippen LogP contribution is -2.35. The van der Waals surface area contributed by atoms with Gasteiger partial charge in [-0.05, 0) is 19.5 Å². The largest absolute Gasteiger partial charge is 0.496 e. The molecule has 3 aromatic rings. The minimum Gasteiger partial charge on any atom is -0.496 e. The molecule has 0 saturated carbocycles. The van der Waals surface area contributed by atoms with Gasteiger partial charge in [-0.25, -0.2) is 0 Å². The quantitative estimate of drug-likeness (QED) is 0.598. The first-order chi connectivity index (χ1) is 14.0. The number of ketones is 2. The number of carbonyl (C=O) groups is 2. The number of nitrogens with zero attached hydrogens (tertiary/aromatic N) is 3. The molecule has 7 heteroatoms. The molecule has 2 heterocycles. The van der Waals surface area contributed by atoms with Crippen LogP contribution in [0.25, 0.3) is 27.2 Å². The lowest BCUT2D eigenvalue weighted by Gasteiger charge is -2.31. The summed E-state index contributed by atoms with van der Waals surface area (Å²) < 4.78 is 7.78. The van der Waals surface area contributed by atoms with E-state index < -0.39 is 0 Å². The molecule has 0 spiro atoms. The van der Waals surface area contributed by atoms with Crippen LogP contribution in [0.5, 0.6) is 5.75 Å². The predicted molar refractivity (Wildman–Crippen MR) is 120 cm³/mol. The smallest absolute Gasteiger partial charge is 0.174 e. The molecular weight excluding hydrogens is 402 g/mol. The monoisotopic (exact) mass is 425 g/mol. The summed E-state index contributed by atoms with van der Waals surface area (Å²) in [5, 5.41) is 2.89. The number of hydrogen-bond acceptors (Lipinski definition) is 5. The number of Topliss-reactive ketones (excluding diaryl/α,β-unsaturated/α-hetero) is 2. The number of benzene rings is 2. The third kappa shape index (κ3) is 2.90. The molecule has 0 unspecified atom stereocenters. The van der Waals surface area contributed by atoms with E-state index in [2.05, 4.69) is 14.4 Å². The molecule has 30 heavy (non-hydrogen) atoms. The molecule has 0 N–H and O–H groups in total. The number of rotatable bonds is 4. The topological polar surface area (TPSA) is 54.8 Å². The maximum Gasteiger partial charge on any atom is 0.174 e. The first-order valence-electron chi connectivity index (χ1n) is 9.79. The van der Waals surface area contributed by atoms with Gasteiger partial charge in [0.15, 0.2) is 11.6 Å². The van der Waals surface area contributed by atoms with Gasteiger partial charge in [0.25, 0.3) is 0 Å². The van der Waals surface area contributed by atoms with Crippen molar-refractivity contribution in [2.45, 2.75) is 13.1 Å². The van der Waals surface area contributed by atoms with Crippen LogP contribution in [0, 0.1) is 0 Å². The second-order valence-corrected chi connectivity index (χ2v) is 7.99. The van der Waals surface area contributed by atoms with Gasteiger partial charge in [0.1, 0.15) is 5.75 Å². The number of halogens is 1. The molecule has 0 saturated heterocycles. The molecule has 156 valence electrons. The second kappa shape index (κ2) is 7.45. The number of aromatic nitrogens is 1. The van der Waals surface area contributed by atoms with E-state index in [0.717, 1.165) is 46.2 Å². The van der Waals surface area contributed by atoms with Crippen LogP contribution in [0.15, 0.2) is 36.5 Å². The number of likely N-dealkylation sites (N-methyl/N-ethyl adjacent to an activating group) is 1. The number of fused-ring (bicyclic) bond motifs is 5. The van der Waals surface area contributed by atoms with E-state index in [4.69, 9.17) is 4.74 Å². The third-order valence-corrected chi connectivity index (χ3v) is 5.88. The molecule has 1 aromatic heterocycles. The average Bonchev–Trinajstić information content (AvgIpc) is 3.05. The first kappa shape index (κ1) is 20.4. The highest BCUT2D eigenvalue weighted by Gasteiger charge is 2.37. The summed E-state index contributed by atoms with van der Waals surface area (Å²) in [5.74, 6) is 0.578. The van der Waals surface area contributed by atoms with Crippen LogP contribution in [-0.2, 0) is 11.5 Å². The molecule has 1 aliphatic carbocycles. The Morgan fingerprint density at radius 1 is 1.10 bits per heavy atom. The minimum absolute atomic E-state index is 0. The Kier molecular flexibility index (Phi) is 5.08. The zero-order valence-electron chi connectivity index (χ0n) is 17.3. The Labute approximate surface area is 181 Å². The van der Waals surface area contributed by atoms with Gasteiger partial charge < -0.3 is 19.1 Å². The van der Waals surface area contributed by atoms with Crippen LogP contribution >= 0.6 is 12.4 Å². The first-order valence-corrected chi connectivity index (χ1v) is 9.79. The fourth-order valence-electron chi connectivity index (χ4n) is 4.51. The molecule has 0 amide bonds. The molecule has 6 nitrogen and oxygen atoms in total. The summed E-state index contributed by atoms with van der Waals surface area (Å²) >= 11 is 0. The summed E-state index contributed by atoms with van der Waals surface area (Å²) in [6.07, 6.45) is 1.87. The number of allylic oxidation sites excluding steroid dienone is 1. The summed E-state index contributed by atoms with van der Waals surface area (Å²) in [7, 11) is 5.73. The Hall–Kier alpha value is -2.83. The van der Waals surface area contributed by atoms with E-state index in [-0.39, 0.29) is 30.4 Å². The maximum atomic E-state index is 13.0. The van der Waals surface area contributed by atoms with Crippen LogP contribution in [0.2, 0.25) is 0 Å². The van der Waals surface area contributed by atoms with E-state index >= 15 is 0 Å². The Morgan fingerprint density at radius 2 is 1.83 bits per heavy atom. The molecule has 0 bridgehead atoms. The highest BCUT2D eigenvalue weighted by Crippen LogP contribution is 2.44. The molecule has 2 aliphatic rings. The maximum absolute atomic E-state index is 13.0. The molecule has 5 rings (SSSR count). The molecule has 2 aromatic carbocycles. The number of hydrogen-bond donors (Lipinski definition) is 0. The van der Waals surface area contributed by atoms with Crippen LogP contribution < -0.4 is 4.74 Å². The van der Waals surface area contributed by atoms with Crippen molar-refractivity contribution in [3.63, 3.8) is 0 Å². The van der Waals surface area contributed by atoms with Crippen LogP contribution in [0.1, 0.15) is 22.5 Å². The zero-order valence-corrected chi connectivity index (χ0v) is 18.1. The molecule has 0 atom stereocenters. The van der Waals surface area contributed by atoms with Crippen molar-refractivity contribution in [2.75, 3.05) is 34.3 Å². The van der Waals surface area contributed by atoms with Gasteiger partial charge in [-0.2, -0.15) is 0 Å². The number of methoxy groups -OCH3 is 1. The third-order valence-electron chi connectivity index (χ3n) is 5.88. The van der Waals surface area contributed by atoms with Crippen molar-refractivity contribution in [1.29, 1.82) is 0 Å². The lowest BCUT2D eigenvalue weighted by molar-refractivity contribution is -0.113. The van der Waals surface area contributed by atoms with Crippen molar-refractivity contribution < 1.29 is 14.3 Å². The van der Waals surface area contributed by atoms with Crippen molar-refractivity contribution in [2.24, 2.45) is 0 Å². The normalized spacial score (nSPS) is 15.5. The van der Waals surface area contributed by atoms with Gasteiger partial charge in [0.05, 0.1) is 42.5 Å². The molecule has 0 radical (unpaired) electrons. The van der Waals surface area contributed by atoms with E-state index in [1.807, 2.05) is 50.6 Å². The SMILES string of the molecule is COc1cc2c(c3c4n2CN(CCN(C)C)C=C4C(=O)CC3=O)c2ccccc12.Cl. The zero-order chi connectivity index (χ0) is 20.3.